The van der Waals surface area contributed by atoms with Gasteiger partial charge in [-0.05, 0) is 25.0 Å². The molecule has 76 valence electrons. The predicted octanol–water partition coefficient (Wildman–Crippen LogP) is 1.18. The number of aryl methyl sites for hydroxylation is 2. The first-order chi connectivity index (χ1) is 6.59. The molecule has 14 heavy (non-hydrogen) atoms. The Hall–Kier alpha value is -0.860. The maximum atomic E-state index is 9.99. The van der Waals surface area contributed by atoms with E-state index < -0.39 is 5.60 Å². The summed E-state index contributed by atoms with van der Waals surface area (Å²) in [5, 5.41) is 13.1. The molecular formula is C12H17NO. The highest BCUT2D eigenvalue weighted by Crippen LogP contribution is 2.20. The summed E-state index contributed by atoms with van der Waals surface area (Å²) >= 11 is 0. The van der Waals surface area contributed by atoms with Crippen molar-refractivity contribution in [2.24, 2.45) is 0 Å². The zero-order valence-electron chi connectivity index (χ0n) is 8.80. The zero-order valence-corrected chi connectivity index (χ0v) is 8.80. The number of nitrogens with one attached hydrogen (secondary N) is 1. The number of hydrogen-bond donors (Lipinski definition) is 2. The van der Waals surface area contributed by atoms with Crippen molar-refractivity contribution < 1.29 is 5.11 Å². The van der Waals surface area contributed by atoms with Crippen LogP contribution < -0.4 is 5.32 Å². The lowest BCUT2D eigenvalue weighted by Crippen LogP contribution is -2.60. The van der Waals surface area contributed by atoms with Crippen molar-refractivity contribution in [3.63, 3.8) is 0 Å². The number of benzene rings is 1. The molecule has 0 amide bonds. The van der Waals surface area contributed by atoms with Crippen LogP contribution in [0.5, 0.6) is 0 Å². The van der Waals surface area contributed by atoms with Gasteiger partial charge >= 0.3 is 0 Å². The number of aliphatic hydroxyl groups is 1. The van der Waals surface area contributed by atoms with Crippen LogP contribution in [0.15, 0.2) is 18.2 Å². The Bertz CT molecular complexity index is 342. The van der Waals surface area contributed by atoms with Gasteiger partial charge in [-0.25, -0.2) is 0 Å². The summed E-state index contributed by atoms with van der Waals surface area (Å²) in [7, 11) is 0. The second kappa shape index (κ2) is 3.37. The molecule has 2 rings (SSSR count). The Balaban J connectivity index is 2.16. The molecule has 0 atom stereocenters. The minimum absolute atomic E-state index is 0.500. The van der Waals surface area contributed by atoms with Gasteiger partial charge in [0.1, 0.15) is 0 Å². The van der Waals surface area contributed by atoms with E-state index in [1.807, 2.05) is 0 Å². The van der Waals surface area contributed by atoms with E-state index in [9.17, 15) is 5.11 Å². The average Bonchev–Trinajstić information content (AvgIpc) is 2.07. The van der Waals surface area contributed by atoms with Crippen LogP contribution in [0, 0.1) is 13.8 Å². The maximum Gasteiger partial charge on any atom is 0.0935 e. The first kappa shape index (κ1) is 9.69. The molecule has 1 aromatic carbocycles. The molecule has 1 aliphatic rings. The molecule has 2 nitrogen and oxygen atoms in total. The molecule has 2 heteroatoms. The van der Waals surface area contributed by atoms with Crippen molar-refractivity contribution >= 4 is 0 Å². The van der Waals surface area contributed by atoms with Gasteiger partial charge in [-0.15, -0.1) is 0 Å². The lowest BCUT2D eigenvalue weighted by atomic mass is 9.87. The third-order valence-corrected chi connectivity index (χ3v) is 2.93. The van der Waals surface area contributed by atoms with Crippen molar-refractivity contribution in [3.05, 3.63) is 34.9 Å². The van der Waals surface area contributed by atoms with Crippen molar-refractivity contribution in [3.8, 4) is 0 Å². The molecule has 0 unspecified atom stereocenters. The van der Waals surface area contributed by atoms with Crippen molar-refractivity contribution in [2.75, 3.05) is 13.1 Å². The average molecular weight is 191 g/mol. The van der Waals surface area contributed by atoms with E-state index in [1.165, 1.54) is 16.7 Å². The van der Waals surface area contributed by atoms with Crippen LogP contribution in [-0.4, -0.2) is 23.8 Å². The Labute approximate surface area is 85.0 Å². The summed E-state index contributed by atoms with van der Waals surface area (Å²) in [5.41, 5.74) is 3.33. The minimum atomic E-state index is -0.500. The Morgan fingerprint density at radius 1 is 1.36 bits per heavy atom. The maximum absolute atomic E-state index is 9.99. The fourth-order valence-corrected chi connectivity index (χ4v) is 1.94. The van der Waals surface area contributed by atoms with Crippen LogP contribution >= 0.6 is 0 Å². The van der Waals surface area contributed by atoms with E-state index in [-0.39, 0.29) is 0 Å². The van der Waals surface area contributed by atoms with Gasteiger partial charge in [0, 0.05) is 19.5 Å². The molecule has 1 aliphatic heterocycles. The quantitative estimate of drug-likeness (QED) is 0.735. The fraction of sp³-hybridized carbons (Fsp3) is 0.500. The van der Waals surface area contributed by atoms with Gasteiger partial charge in [0.2, 0.25) is 0 Å². The largest absolute Gasteiger partial charge is 0.387 e. The highest BCUT2D eigenvalue weighted by Gasteiger charge is 2.34. The van der Waals surface area contributed by atoms with Crippen molar-refractivity contribution in [1.29, 1.82) is 0 Å². The first-order valence-electron chi connectivity index (χ1n) is 5.08. The normalized spacial score (nSPS) is 19.1. The monoisotopic (exact) mass is 191 g/mol. The molecule has 2 N–H and O–H groups in total. The molecule has 0 aliphatic carbocycles. The molecule has 1 heterocycles. The third-order valence-electron chi connectivity index (χ3n) is 2.93. The second-order valence-corrected chi connectivity index (χ2v) is 4.43. The number of rotatable bonds is 2. The van der Waals surface area contributed by atoms with Gasteiger partial charge < -0.3 is 10.4 Å². The summed E-state index contributed by atoms with van der Waals surface area (Å²) in [6, 6.07) is 6.41. The number of β-amino-alcohol motifs (C(OH)–C–C–N with tert-alkyl or cyclic N) is 1. The lowest BCUT2D eigenvalue weighted by molar-refractivity contribution is -0.00914. The van der Waals surface area contributed by atoms with Gasteiger partial charge in [0.15, 0.2) is 0 Å². The predicted molar refractivity (Wildman–Crippen MR) is 57.4 cm³/mol. The molecule has 0 bridgehead atoms. The molecular weight excluding hydrogens is 174 g/mol. The van der Waals surface area contributed by atoms with Gasteiger partial charge in [-0.3, -0.25) is 0 Å². The SMILES string of the molecule is Cc1ccc(CC2(O)CNC2)c(C)c1. The lowest BCUT2D eigenvalue weighted by Gasteiger charge is -2.38. The van der Waals surface area contributed by atoms with Crippen LogP contribution in [0.2, 0.25) is 0 Å². The molecule has 1 fully saturated rings. The van der Waals surface area contributed by atoms with Gasteiger partial charge in [-0.1, -0.05) is 23.8 Å². The third kappa shape index (κ3) is 1.81. The van der Waals surface area contributed by atoms with E-state index in [4.69, 9.17) is 0 Å². The molecule has 1 saturated heterocycles. The highest BCUT2D eigenvalue weighted by atomic mass is 16.3. The summed E-state index contributed by atoms with van der Waals surface area (Å²) in [6.45, 7) is 5.65. The summed E-state index contributed by atoms with van der Waals surface area (Å²) < 4.78 is 0. The first-order valence-corrected chi connectivity index (χ1v) is 5.08. The van der Waals surface area contributed by atoms with E-state index in [0.717, 1.165) is 19.5 Å². The second-order valence-electron chi connectivity index (χ2n) is 4.43. The van der Waals surface area contributed by atoms with Crippen molar-refractivity contribution in [2.45, 2.75) is 25.9 Å². The van der Waals surface area contributed by atoms with Crippen LogP contribution in [-0.2, 0) is 6.42 Å². The van der Waals surface area contributed by atoms with Gasteiger partial charge in [0.05, 0.1) is 5.60 Å². The zero-order chi connectivity index (χ0) is 10.2. The molecule has 0 spiro atoms. The Morgan fingerprint density at radius 3 is 2.57 bits per heavy atom. The summed E-state index contributed by atoms with van der Waals surface area (Å²) in [6.07, 6.45) is 0.770. The minimum Gasteiger partial charge on any atom is -0.387 e. The number of hydrogen-bond acceptors (Lipinski definition) is 2. The highest BCUT2D eigenvalue weighted by molar-refractivity contribution is 5.32. The van der Waals surface area contributed by atoms with E-state index in [0.29, 0.717) is 0 Å². The topological polar surface area (TPSA) is 32.3 Å². The smallest absolute Gasteiger partial charge is 0.0935 e. The summed E-state index contributed by atoms with van der Waals surface area (Å²) in [5.74, 6) is 0. The molecule has 0 aromatic heterocycles. The van der Waals surface area contributed by atoms with Crippen LogP contribution in [0.25, 0.3) is 0 Å². The van der Waals surface area contributed by atoms with Crippen molar-refractivity contribution in [1.82, 2.24) is 5.32 Å². The van der Waals surface area contributed by atoms with Gasteiger partial charge in [0.25, 0.3) is 0 Å². The van der Waals surface area contributed by atoms with Gasteiger partial charge in [-0.2, -0.15) is 0 Å². The Kier molecular flexibility index (Phi) is 2.33. The van der Waals surface area contributed by atoms with Crippen LogP contribution in [0.4, 0.5) is 0 Å². The molecule has 0 radical (unpaired) electrons. The summed E-state index contributed by atoms with van der Waals surface area (Å²) in [4.78, 5) is 0. The molecule has 1 aromatic rings. The molecule has 0 saturated carbocycles. The van der Waals surface area contributed by atoms with E-state index >= 15 is 0 Å². The van der Waals surface area contributed by atoms with Crippen LogP contribution in [0.1, 0.15) is 16.7 Å². The van der Waals surface area contributed by atoms with E-state index in [2.05, 4.69) is 37.4 Å². The van der Waals surface area contributed by atoms with E-state index in [1.54, 1.807) is 0 Å². The fourth-order valence-electron chi connectivity index (χ4n) is 1.94. The van der Waals surface area contributed by atoms with Crippen LogP contribution in [0.3, 0.4) is 0 Å². The Morgan fingerprint density at radius 2 is 2.07 bits per heavy atom. The standard InChI is InChI=1S/C12H17NO/c1-9-3-4-11(10(2)5-9)6-12(14)7-13-8-12/h3-5,13-14H,6-8H2,1-2H3.